The normalized spacial score (nSPS) is 12.1. The van der Waals surface area contributed by atoms with Crippen molar-refractivity contribution in [3.05, 3.63) is 0 Å². The monoisotopic (exact) mass is 210 g/mol. The smallest absolute Gasteiger partial charge is 0.297 e. The predicted molar refractivity (Wildman–Crippen MR) is 47.4 cm³/mol. The molecule has 0 aromatic heterocycles. The van der Waals surface area contributed by atoms with E-state index < -0.39 is 7.82 Å². The van der Waals surface area contributed by atoms with Crippen molar-refractivity contribution < 1.29 is 22.9 Å². The van der Waals surface area contributed by atoms with Crippen molar-refractivity contribution in [2.24, 2.45) is 5.92 Å². The molecular formula is C7H15O5P. The molecule has 13 heavy (non-hydrogen) atoms. The molecule has 0 aromatic rings. The summed E-state index contributed by atoms with van der Waals surface area (Å²) >= 11 is 0. The van der Waals surface area contributed by atoms with E-state index in [0.29, 0.717) is 0 Å². The number of carbonyl (C=O) groups excluding carboxylic acids is 1. The fraction of sp³-hybridized carbons (Fsp3) is 0.857. The van der Waals surface area contributed by atoms with E-state index in [9.17, 15) is 9.36 Å². The SMILES string of the molecule is COP(=O)(OC)OCC(=O)C(C)C. The Bertz CT molecular complexity index is 205. The van der Waals surface area contributed by atoms with Crippen LogP contribution in [0.4, 0.5) is 0 Å². The Morgan fingerprint density at radius 3 is 2.08 bits per heavy atom. The van der Waals surface area contributed by atoms with Gasteiger partial charge < -0.3 is 0 Å². The number of hydrogen-bond acceptors (Lipinski definition) is 5. The number of phosphoric acid groups is 1. The highest BCUT2D eigenvalue weighted by molar-refractivity contribution is 7.48. The molecule has 0 saturated carbocycles. The molecule has 0 spiro atoms. The zero-order valence-corrected chi connectivity index (χ0v) is 9.17. The molecule has 5 nitrogen and oxygen atoms in total. The molecule has 0 rings (SSSR count). The van der Waals surface area contributed by atoms with Gasteiger partial charge in [0.1, 0.15) is 6.61 Å². The summed E-state index contributed by atoms with van der Waals surface area (Å²) in [5.41, 5.74) is 0. The van der Waals surface area contributed by atoms with Crippen LogP contribution in [0.5, 0.6) is 0 Å². The number of ketones is 1. The quantitative estimate of drug-likeness (QED) is 0.623. The lowest BCUT2D eigenvalue weighted by Gasteiger charge is -2.13. The first-order valence-electron chi connectivity index (χ1n) is 3.84. The van der Waals surface area contributed by atoms with Gasteiger partial charge in [0.25, 0.3) is 0 Å². The van der Waals surface area contributed by atoms with Crippen molar-refractivity contribution in [2.45, 2.75) is 13.8 Å². The zero-order chi connectivity index (χ0) is 10.5. The fourth-order valence-electron chi connectivity index (χ4n) is 0.489. The summed E-state index contributed by atoms with van der Waals surface area (Å²) in [6, 6.07) is 0. The summed E-state index contributed by atoms with van der Waals surface area (Å²) in [4.78, 5) is 11.1. The average Bonchev–Trinajstić information content (AvgIpc) is 2.13. The van der Waals surface area contributed by atoms with Crippen LogP contribution in [0, 0.1) is 5.92 Å². The number of phosphoric ester groups is 1. The maximum absolute atomic E-state index is 11.3. The Hall–Kier alpha value is -0.220. The van der Waals surface area contributed by atoms with Gasteiger partial charge in [-0.05, 0) is 0 Å². The minimum absolute atomic E-state index is 0.144. The minimum atomic E-state index is -3.50. The van der Waals surface area contributed by atoms with Crippen molar-refractivity contribution in [3.8, 4) is 0 Å². The molecule has 0 aliphatic rings. The highest BCUT2D eigenvalue weighted by Crippen LogP contribution is 2.47. The average molecular weight is 210 g/mol. The molecular weight excluding hydrogens is 195 g/mol. The van der Waals surface area contributed by atoms with E-state index in [2.05, 4.69) is 9.05 Å². The molecule has 0 N–H and O–H groups in total. The summed E-state index contributed by atoms with van der Waals surface area (Å²) in [5, 5.41) is 0. The molecule has 0 radical (unpaired) electrons. The predicted octanol–water partition coefficient (Wildman–Crippen LogP) is 1.63. The van der Waals surface area contributed by atoms with Gasteiger partial charge >= 0.3 is 7.82 Å². The van der Waals surface area contributed by atoms with Gasteiger partial charge in [0.15, 0.2) is 5.78 Å². The van der Waals surface area contributed by atoms with Crippen LogP contribution in [0.3, 0.4) is 0 Å². The molecule has 0 aliphatic heterocycles. The molecule has 0 saturated heterocycles. The lowest BCUT2D eigenvalue weighted by molar-refractivity contribution is -0.124. The zero-order valence-electron chi connectivity index (χ0n) is 8.27. The third-order valence-corrected chi connectivity index (χ3v) is 2.80. The van der Waals surface area contributed by atoms with Gasteiger partial charge in [0, 0.05) is 20.1 Å². The maximum Gasteiger partial charge on any atom is 0.474 e. The molecule has 0 aromatic carbocycles. The Labute approximate surface area is 78.0 Å². The van der Waals surface area contributed by atoms with Crippen LogP contribution in [0.25, 0.3) is 0 Å². The largest absolute Gasteiger partial charge is 0.474 e. The third kappa shape index (κ3) is 4.52. The van der Waals surface area contributed by atoms with Crippen molar-refractivity contribution in [1.29, 1.82) is 0 Å². The van der Waals surface area contributed by atoms with Crippen molar-refractivity contribution in [2.75, 3.05) is 20.8 Å². The van der Waals surface area contributed by atoms with Crippen molar-refractivity contribution >= 4 is 13.6 Å². The molecule has 78 valence electrons. The van der Waals surface area contributed by atoms with E-state index in [1.165, 1.54) is 14.2 Å². The number of Topliss-reactive ketones (excluding diaryl/α,β-unsaturated/α-hetero) is 1. The Morgan fingerprint density at radius 2 is 1.77 bits per heavy atom. The van der Waals surface area contributed by atoms with Crippen LogP contribution in [0.2, 0.25) is 0 Å². The Morgan fingerprint density at radius 1 is 1.31 bits per heavy atom. The van der Waals surface area contributed by atoms with E-state index in [4.69, 9.17) is 4.52 Å². The van der Waals surface area contributed by atoms with Crippen LogP contribution in [-0.2, 0) is 22.9 Å². The highest BCUT2D eigenvalue weighted by Gasteiger charge is 2.24. The van der Waals surface area contributed by atoms with Gasteiger partial charge in [-0.2, -0.15) is 0 Å². The molecule has 0 heterocycles. The van der Waals surface area contributed by atoms with Crippen LogP contribution >= 0.6 is 7.82 Å². The van der Waals surface area contributed by atoms with Crippen LogP contribution in [-0.4, -0.2) is 26.6 Å². The topological polar surface area (TPSA) is 61.8 Å². The van der Waals surface area contributed by atoms with Gasteiger partial charge in [0.05, 0.1) is 0 Å². The van der Waals surface area contributed by atoms with Crippen molar-refractivity contribution in [3.63, 3.8) is 0 Å². The number of hydrogen-bond donors (Lipinski definition) is 0. The summed E-state index contributed by atoms with van der Waals surface area (Å²) in [7, 11) is -1.10. The van der Waals surface area contributed by atoms with E-state index in [0.717, 1.165) is 0 Å². The molecule has 0 unspecified atom stereocenters. The second-order valence-electron chi connectivity index (χ2n) is 2.71. The summed E-state index contributed by atoms with van der Waals surface area (Å²) < 4.78 is 24.9. The molecule has 0 bridgehead atoms. The molecule has 0 amide bonds. The first-order valence-corrected chi connectivity index (χ1v) is 5.30. The van der Waals surface area contributed by atoms with Gasteiger partial charge in [-0.25, -0.2) is 4.57 Å². The fourth-order valence-corrected chi connectivity index (χ4v) is 1.13. The second-order valence-corrected chi connectivity index (χ2v) is 4.59. The highest BCUT2D eigenvalue weighted by atomic mass is 31.2. The standard InChI is InChI=1S/C7H15O5P/c1-6(2)7(8)5-12-13(9,10-3)11-4/h6H,5H2,1-4H3. The second kappa shape index (κ2) is 5.50. The van der Waals surface area contributed by atoms with E-state index in [1.807, 2.05) is 0 Å². The molecule has 0 fully saturated rings. The molecule has 0 aliphatic carbocycles. The summed E-state index contributed by atoms with van der Waals surface area (Å²) in [5.74, 6) is -0.295. The first kappa shape index (κ1) is 12.8. The Kier molecular flexibility index (Phi) is 5.40. The molecule has 6 heteroatoms. The van der Waals surface area contributed by atoms with Crippen molar-refractivity contribution in [1.82, 2.24) is 0 Å². The van der Waals surface area contributed by atoms with Gasteiger partial charge in [-0.15, -0.1) is 0 Å². The van der Waals surface area contributed by atoms with Gasteiger partial charge in [0.2, 0.25) is 0 Å². The van der Waals surface area contributed by atoms with Gasteiger partial charge in [-0.3, -0.25) is 18.4 Å². The first-order chi connectivity index (χ1) is 5.95. The lowest BCUT2D eigenvalue weighted by Crippen LogP contribution is -2.14. The number of rotatable bonds is 6. The summed E-state index contributed by atoms with van der Waals surface area (Å²) in [6.07, 6.45) is 0. The van der Waals surface area contributed by atoms with Crippen LogP contribution in [0.15, 0.2) is 0 Å². The van der Waals surface area contributed by atoms with Gasteiger partial charge in [-0.1, -0.05) is 13.8 Å². The Balaban J connectivity index is 4.01. The number of carbonyl (C=O) groups is 1. The third-order valence-electron chi connectivity index (χ3n) is 1.46. The van der Waals surface area contributed by atoms with Crippen LogP contribution in [0.1, 0.15) is 13.8 Å². The maximum atomic E-state index is 11.3. The summed E-state index contributed by atoms with van der Waals surface area (Å²) in [6.45, 7) is 3.21. The van der Waals surface area contributed by atoms with E-state index >= 15 is 0 Å². The lowest BCUT2D eigenvalue weighted by atomic mass is 10.1. The van der Waals surface area contributed by atoms with Crippen LogP contribution < -0.4 is 0 Å². The minimum Gasteiger partial charge on any atom is -0.297 e. The molecule has 0 atom stereocenters. The van der Waals surface area contributed by atoms with E-state index in [-0.39, 0.29) is 18.3 Å². The van der Waals surface area contributed by atoms with E-state index in [1.54, 1.807) is 13.8 Å².